The highest BCUT2D eigenvalue weighted by molar-refractivity contribution is 9.10. The molecule has 0 aliphatic heterocycles. The summed E-state index contributed by atoms with van der Waals surface area (Å²) in [4.78, 5) is 10.7. The molecule has 6 heteroatoms. The summed E-state index contributed by atoms with van der Waals surface area (Å²) >= 11 is 6.83. The van der Waals surface area contributed by atoms with Crippen LogP contribution in [0.25, 0.3) is 0 Å². The van der Waals surface area contributed by atoms with Crippen molar-refractivity contribution < 1.29 is 9.66 Å². The van der Waals surface area contributed by atoms with Crippen LogP contribution in [0.3, 0.4) is 0 Å². The van der Waals surface area contributed by atoms with Crippen molar-refractivity contribution in [1.82, 2.24) is 0 Å². The third-order valence-electron chi connectivity index (χ3n) is 3.02. The average molecular weight is 415 g/mol. The molecular formula is C15H13Br2NO3. The second-order valence-corrected chi connectivity index (χ2v) is 5.82. The molecule has 2 rings (SSSR count). The Labute approximate surface area is 139 Å². The van der Waals surface area contributed by atoms with Gasteiger partial charge in [-0.05, 0) is 35.7 Å². The Morgan fingerprint density at radius 2 is 2.00 bits per heavy atom. The van der Waals surface area contributed by atoms with Crippen LogP contribution in [0.5, 0.6) is 11.5 Å². The minimum absolute atomic E-state index is 0.0185. The second kappa shape index (κ2) is 7.04. The van der Waals surface area contributed by atoms with E-state index < -0.39 is 4.92 Å². The van der Waals surface area contributed by atoms with Gasteiger partial charge in [0.1, 0.15) is 5.75 Å². The number of benzene rings is 2. The Hall–Kier alpha value is -1.40. The van der Waals surface area contributed by atoms with Crippen molar-refractivity contribution in [2.45, 2.75) is 18.7 Å². The van der Waals surface area contributed by atoms with E-state index in [1.807, 2.05) is 19.1 Å². The predicted molar refractivity (Wildman–Crippen MR) is 89.3 cm³/mol. The number of rotatable bonds is 5. The number of hydrogen-bond acceptors (Lipinski definition) is 3. The molecule has 0 heterocycles. The number of hydrogen-bond donors (Lipinski definition) is 0. The number of nitrogens with zero attached hydrogens (tertiary/aromatic N) is 1. The zero-order chi connectivity index (χ0) is 15.4. The van der Waals surface area contributed by atoms with Gasteiger partial charge >= 0.3 is 5.69 Å². The van der Waals surface area contributed by atoms with Crippen molar-refractivity contribution in [2.24, 2.45) is 0 Å². The molecular weight excluding hydrogens is 402 g/mol. The Morgan fingerprint density at radius 1 is 1.24 bits per heavy atom. The lowest BCUT2D eigenvalue weighted by Gasteiger charge is -2.09. The van der Waals surface area contributed by atoms with Crippen LogP contribution in [-0.2, 0) is 11.8 Å². The van der Waals surface area contributed by atoms with Gasteiger partial charge in [0.25, 0.3) is 0 Å². The van der Waals surface area contributed by atoms with Gasteiger partial charge in [-0.25, -0.2) is 0 Å². The second-order valence-electron chi connectivity index (χ2n) is 4.40. The third-order valence-corrected chi connectivity index (χ3v) is 4.37. The van der Waals surface area contributed by atoms with Crippen LogP contribution < -0.4 is 4.74 Å². The molecule has 21 heavy (non-hydrogen) atoms. The summed E-state index contributed by atoms with van der Waals surface area (Å²) < 4.78 is 6.56. The van der Waals surface area contributed by atoms with Gasteiger partial charge in [-0.3, -0.25) is 10.1 Å². The predicted octanol–water partition coefficient (Wildman–Crippen LogP) is 5.61. The fourth-order valence-electron chi connectivity index (χ4n) is 1.84. The summed E-state index contributed by atoms with van der Waals surface area (Å²) in [6.07, 6.45) is 0.743. The van der Waals surface area contributed by atoms with Crippen LogP contribution in [0.2, 0.25) is 0 Å². The SMILES string of the molecule is CCc1ccc(Oc2ccc(CBr)c(Br)c2)c([N+](=O)[O-])c1. The summed E-state index contributed by atoms with van der Waals surface area (Å²) in [5.41, 5.74) is 1.97. The van der Waals surface area contributed by atoms with Crippen molar-refractivity contribution in [2.75, 3.05) is 0 Å². The molecule has 4 nitrogen and oxygen atoms in total. The van der Waals surface area contributed by atoms with E-state index in [1.165, 1.54) is 0 Å². The summed E-state index contributed by atoms with van der Waals surface area (Å²) in [6.45, 7) is 1.95. The summed E-state index contributed by atoms with van der Waals surface area (Å²) in [5.74, 6) is 0.801. The molecule has 0 atom stereocenters. The van der Waals surface area contributed by atoms with Crippen molar-refractivity contribution in [3.05, 3.63) is 62.1 Å². The van der Waals surface area contributed by atoms with Gasteiger partial charge in [0, 0.05) is 15.9 Å². The molecule has 0 unspecified atom stereocenters. The van der Waals surface area contributed by atoms with Crippen molar-refractivity contribution in [3.8, 4) is 11.5 Å². The molecule has 0 spiro atoms. The third kappa shape index (κ3) is 3.83. The van der Waals surface area contributed by atoms with E-state index in [9.17, 15) is 10.1 Å². The lowest BCUT2D eigenvalue weighted by atomic mass is 10.1. The van der Waals surface area contributed by atoms with Crippen molar-refractivity contribution in [1.29, 1.82) is 0 Å². The molecule has 0 saturated carbocycles. The van der Waals surface area contributed by atoms with Crippen LogP contribution >= 0.6 is 31.9 Å². The van der Waals surface area contributed by atoms with E-state index in [1.54, 1.807) is 24.3 Å². The standard InChI is InChI=1S/C15H13Br2NO3/c1-2-10-3-6-15(14(7-10)18(19)20)21-12-5-4-11(9-16)13(17)8-12/h3-8H,2,9H2,1H3. The highest BCUT2D eigenvalue weighted by Gasteiger charge is 2.16. The Morgan fingerprint density at radius 3 is 2.57 bits per heavy atom. The first-order valence-electron chi connectivity index (χ1n) is 6.34. The van der Waals surface area contributed by atoms with Crippen LogP contribution in [0.15, 0.2) is 40.9 Å². The number of nitro benzene ring substituents is 1. The fourth-order valence-corrected chi connectivity index (χ4v) is 3.20. The first-order valence-corrected chi connectivity index (χ1v) is 8.26. The number of aryl methyl sites for hydroxylation is 1. The van der Waals surface area contributed by atoms with E-state index >= 15 is 0 Å². The van der Waals surface area contributed by atoms with Gasteiger partial charge in [0.15, 0.2) is 0 Å². The number of alkyl halides is 1. The maximum Gasteiger partial charge on any atom is 0.311 e. The maximum atomic E-state index is 11.2. The minimum atomic E-state index is -0.420. The molecule has 110 valence electrons. The van der Waals surface area contributed by atoms with Crippen molar-refractivity contribution in [3.63, 3.8) is 0 Å². The Balaban J connectivity index is 2.35. The molecule has 0 amide bonds. The molecule has 0 N–H and O–H groups in total. The molecule has 0 bridgehead atoms. The van der Waals surface area contributed by atoms with E-state index in [-0.39, 0.29) is 11.4 Å². The van der Waals surface area contributed by atoms with Gasteiger partial charge in [0.2, 0.25) is 5.75 Å². The first-order chi connectivity index (χ1) is 10.0. The first kappa shape index (κ1) is 16.0. The topological polar surface area (TPSA) is 52.4 Å². The molecule has 0 aliphatic rings. The van der Waals surface area contributed by atoms with Gasteiger partial charge in [-0.15, -0.1) is 0 Å². The van der Waals surface area contributed by atoms with Crippen LogP contribution in [0, 0.1) is 10.1 Å². The number of ether oxygens (including phenoxy) is 1. The van der Waals surface area contributed by atoms with Crippen molar-refractivity contribution >= 4 is 37.5 Å². The molecule has 0 saturated heterocycles. The monoisotopic (exact) mass is 413 g/mol. The molecule has 0 aliphatic carbocycles. The molecule has 2 aromatic carbocycles. The van der Waals surface area contributed by atoms with Gasteiger partial charge in [-0.1, -0.05) is 50.9 Å². The summed E-state index contributed by atoms with van der Waals surface area (Å²) in [5, 5.41) is 11.9. The Kier molecular flexibility index (Phi) is 5.36. The van der Waals surface area contributed by atoms with E-state index in [2.05, 4.69) is 31.9 Å². The molecule has 0 aromatic heterocycles. The minimum Gasteiger partial charge on any atom is -0.450 e. The summed E-state index contributed by atoms with van der Waals surface area (Å²) in [6, 6.07) is 10.5. The van der Waals surface area contributed by atoms with E-state index in [4.69, 9.17) is 4.74 Å². The molecule has 0 fully saturated rings. The van der Waals surface area contributed by atoms with Gasteiger partial charge < -0.3 is 4.74 Å². The van der Waals surface area contributed by atoms with Crippen LogP contribution in [0.4, 0.5) is 5.69 Å². The quantitative estimate of drug-likeness (QED) is 0.363. The fraction of sp³-hybridized carbons (Fsp3) is 0.200. The van der Waals surface area contributed by atoms with Crippen LogP contribution in [0.1, 0.15) is 18.1 Å². The normalized spacial score (nSPS) is 10.4. The van der Waals surface area contributed by atoms with Gasteiger partial charge in [-0.2, -0.15) is 0 Å². The smallest absolute Gasteiger partial charge is 0.311 e. The summed E-state index contributed by atoms with van der Waals surface area (Å²) in [7, 11) is 0. The van der Waals surface area contributed by atoms with Gasteiger partial charge in [0.05, 0.1) is 4.92 Å². The van der Waals surface area contributed by atoms with Crippen LogP contribution in [-0.4, -0.2) is 4.92 Å². The number of halogens is 2. The van der Waals surface area contributed by atoms with E-state index in [0.717, 1.165) is 27.4 Å². The Bertz CT molecular complexity index is 674. The molecule has 0 radical (unpaired) electrons. The average Bonchev–Trinajstić information content (AvgIpc) is 2.47. The highest BCUT2D eigenvalue weighted by atomic mass is 79.9. The zero-order valence-corrected chi connectivity index (χ0v) is 14.5. The largest absolute Gasteiger partial charge is 0.450 e. The lowest BCUT2D eigenvalue weighted by molar-refractivity contribution is -0.385. The van der Waals surface area contributed by atoms with E-state index in [0.29, 0.717) is 5.75 Å². The highest BCUT2D eigenvalue weighted by Crippen LogP contribution is 2.34. The maximum absolute atomic E-state index is 11.2. The molecule has 2 aromatic rings. The lowest BCUT2D eigenvalue weighted by Crippen LogP contribution is -1.95. The zero-order valence-electron chi connectivity index (χ0n) is 11.3. The number of nitro groups is 1.